The van der Waals surface area contributed by atoms with Crippen molar-refractivity contribution < 1.29 is 17.6 Å². The van der Waals surface area contributed by atoms with Gasteiger partial charge in [-0.15, -0.1) is 0 Å². The predicted molar refractivity (Wildman–Crippen MR) is 74.0 cm³/mol. The van der Waals surface area contributed by atoms with Gasteiger partial charge < -0.3 is 5.32 Å². The summed E-state index contributed by atoms with van der Waals surface area (Å²) >= 11 is 16.7. The zero-order valence-corrected chi connectivity index (χ0v) is 12.2. The Kier molecular flexibility index (Phi) is 4.51. The average Bonchev–Trinajstić information content (AvgIpc) is 2.34. The van der Waals surface area contributed by atoms with Gasteiger partial charge in [-0.25, -0.2) is 9.37 Å². The second-order valence-corrected chi connectivity index (χ2v) is 5.14. The van der Waals surface area contributed by atoms with Crippen LogP contribution in [0, 0.1) is 5.82 Å². The van der Waals surface area contributed by atoms with Crippen LogP contribution < -0.4 is 5.32 Å². The summed E-state index contributed by atoms with van der Waals surface area (Å²) in [5.41, 5.74) is -0.793. The van der Waals surface area contributed by atoms with Crippen molar-refractivity contribution in [3.8, 4) is 0 Å². The molecule has 1 N–H and O–H groups in total. The van der Waals surface area contributed by atoms with Gasteiger partial charge in [-0.1, -0.05) is 34.8 Å². The standard InChI is InChI=1S/C12H5Cl3F4N2/c13-7-3-6(4-8(14)11(7)16)20-10-2-5(12(17,18)19)1-9(15)21-10/h1-4H,(H,20,21). The SMILES string of the molecule is Fc1c(Cl)cc(Nc2cc(C(F)(F)F)cc(Cl)n2)cc1Cl. The van der Waals surface area contributed by atoms with E-state index in [2.05, 4.69) is 10.3 Å². The van der Waals surface area contributed by atoms with Gasteiger partial charge in [0.2, 0.25) is 0 Å². The highest BCUT2D eigenvalue weighted by Gasteiger charge is 2.31. The molecule has 1 heterocycles. The number of nitrogens with one attached hydrogen (secondary N) is 1. The average molecular weight is 360 g/mol. The quantitative estimate of drug-likeness (QED) is 0.407. The summed E-state index contributed by atoms with van der Waals surface area (Å²) in [5.74, 6) is -0.993. The highest BCUT2D eigenvalue weighted by atomic mass is 35.5. The van der Waals surface area contributed by atoms with E-state index >= 15 is 0 Å². The lowest BCUT2D eigenvalue weighted by Crippen LogP contribution is -2.06. The van der Waals surface area contributed by atoms with Gasteiger partial charge in [-0.2, -0.15) is 13.2 Å². The lowest BCUT2D eigenvalue weighted by Gasteiger charge is -2.11. The van der Waals surface area contributed by atoms with Gasteiger partial charge in [0, 0.05) is 5.69 Å². The van der Waals surface area contributed by atoms with Crippen LogP contribution in [0.4, 0.5) is 29.1 Å². The lowest BCUT2D eigenvalue weighted by molar-refractivity contribution is -0.137. The number of halogens is 7. The lowest BCUT2D eigenvalue weighted by atomic mass is 10.2. The zero-order valence-electron chi connectivity index (χ0n) is 9.90. The summed E-state index contributed by atoms with van der Waals surface area (Å²) in [5, 5.41) is 1.64. The minimum Gasteiger partial charge on any atom is -0.340 e. The number of anilines is 2. The first-order valence-electron chi connectivity index (χ1n) is 5.33. The van der Waals surface area contributed by atoms with Crippen molar-refractivity contribution in [3.05, 3.63) is 50.8 Å². The summed E-state index contributed by atoms with van der Waals surface area (Å²) in [7, 11) is 0. The Labute approximate surface area is 131 Å². The van der Waals surface area contributed by atoms with Crippen LogP contribution in [0.25, 0.3) is 0 Å². The summed E-state index contributed by atoms with van der Waals surface area (Å²) in [6, 6.07) is 3.78. The highest BCUT2D eigenvalue weighted by Crippen LogP contribution is 2.33. The van der Waals surface area contributed by atoms with Crippen molar-refractivity contribution in [2.45, 2.75) is 6.18 Å². The molecule has 1 aromatic heterocycles. The van der Waals surface area contributed by atoms with Gasteiger partial charge in [-0.3, -0.25) is 0 Å². The van der Waals surface area contributed by atoms with E-state index in [0.717, 1.165) is 6.07 Å². The summed E-state index contributed by atoms with van der Waals surface area (Å²) in [6.07, 6.45) is -4.57. The molecule has 0 unspecified atom stereocenters. The van der Waals surface area contributed by atoms with Crippen LogP contribution in [-0.4, -0.2) is 4.98 Å². The zero-order chi connectivity index (χ0) is 15.8. The van der Waals surface area contributed by atoms with Crippen LogP contribution in [0.1, 0.15) is 5.56 Å². The smallest absolute Gasteiger partial charge is 0.340 e. The van der Waals surface area contributed by atoms with Crippen molar-refractivity contribution in [1.29, 1.82) is 0 Å². The number of nitrogens with zero attached hydrogens (tertiary/aromatic N) is 1. The van der Waals surface area contributed by atoms with Gasteiger partial charge in [0.05, 0.1) is 15.6 Å². The normalized spacial score (nSPS) is 11.6. The molecular formula is C12H5Cl3F4N2. The molecule has 0 saturated carbocycles. The van der Waals surface area contributed by atoms with Gasteiger partial charge >= 0.3 is 6.18 Å². The Balaban J connectivity index is 2.38. The van der Waals surface area contributed by atoms with Crippen molar-refractivity contribution in [3.63, 3.8) is 0 Å². The molecule has 0 fully saturated rings. The minimum atomic E-state index is -4.57. The second-order valence-electron chi connectivity index (χ2n) is 3.94. The first-order valence-corrected chi connectivity index (χ1v) is 6.46. The predicted octanol–water partition coefficient (Wildman–Crippen LogP) is 5.94. The number of alkyl halides is 3. The molecule has 2 aromatic rings. The third-order valence-corrected chi connectivity index (χ3v) is 3.12. The molecule has 9 heteroatoms. The van der Waals surface area contributed by atoms with E-state index in [4.69, 9.17) is 34.8 Å². The van der Waals surface area contributed by atoms with Gasteiger partial charge in [0.1, 0.15) is 11.0 Å². The summed E-state index contributed by atoms with van der Waals surface area (Å²) in [4.78, 5) is 3.70. The Morgan fingerprint density at radius 2 is 1.52 bits per heavy atom. The van der Waals surface area contributed by atoms with Crippen molar-refractivity contribution >= 4 is 46.3 Å². The fraction of sp³-hybridized carbons (Fsp3) is 0.0833. The first-order chi connectivity index (χ1) is 9.66. The van der Waals surface area contributed by atoms with Crippen LogP contribution in [0.5, 0.6) is 0 Å². The maximum atomic E-state index is 13.3. The molecule has 0 atom stereocenters. The molecule has 112 valence electrons. The van der Waals surface area contributed by atoms with Gasteiger partial charge in [-0.05, 0) is 24.3 Å². The van der Waals surface area contributed by atoms with Gasteiger partial charge in [0.25, 0.3) is 0 Å². The maximum absolute atomic E-state index is 13.3. The molecule has 0 saturated heterocycles. The monoisotopic (exact) mass is 358 g/mol. The van der Waals surface area contributed by atoms with Crippen LogP contribution in [-0.2, 0) is 6.18 Å². The van der Waals surface area contributed by atoms with E-state index in [9.17, 15) is 17.6 Å². The van der Waals surface area contributed by atoms with E-state index < -0.39 is 17.6 Å². The molecular weight excluding hydrogens is 354 g/mol. The number of rotatable bonds is 2. The van der Waals surface area contributed by atoms with Crippen LogP contribution in [0.3, 0.4) is 0 Å². The number of pyridine rings is 1. The van der Waals surface area contributed by atoms with Gasteiger partial charge in [0.15, 0.2) is 5.82 Å². The molecule has 21 heavy (non-hydrogen) atoms. The van der Waals surface area contributed by atoms with Crippen molar-refractivity contribution in [2.24, 2.45) is 0 Å². The molecule has 0 aliphatic carbocycles. The molecule has 0 radical (unpaired) electrons. The topological polar surface area (TPSA) is 24.9 Å². The molecule has 0 aliphatic rings. The molecule has 0 spiro atoms. The summed E-state index contributed by atoms with van der Waals surface area (Å²) < 4.78 is 51.2. The number of hydrogen-bond donors (Lipinski definition) is 1. The fourth-order valence-corrected chi connectivity index (χ4v) is 2.20. The fourth-order valence-electron chi connectivity index (χ4n) is 1.50. The molecule has 2 rings (SSSR count). The number of benzene rings is 1. The van der Waals surface area contributed by atoms with Crippen LogP contribution in [0.15, 0.2) is 24.3 Å². The summed E-state index contributed by atoms with van der Waals surface area (Å²) in [6.45, 7) is 0. The second kappa shape index (κ2) is 5.87. The Morgan fingerprint density at radius 3 is 2.05 bits per heavy atom. The van der Waals surface area contributed by atoms with E-state index in [1.807, 2.05) is 0 Å². The third-order valence-electron chi connectivity index (χ3n) is 2.38. The minimum absolute atomic E-state index is 0.173. The Hall–Kier alpha value is -1.24. The number of hydrogen-bond acceptors (Lipinski definition) is 2. The van der Waals surface area contributed by atoms with Crippen LogP contribution in [0.2, 0.25) is 15.2 Å². The Bertz CT molecular complexity index is 666. The first kappa shape index (κ1) is 16.1. The van der Waals surface area contributed by atoms with Crippen molar-refractivity contribution in [1.82, 2.24) is 4.98 Å². The molecule has 0 amide bonds. The highest BCUT2D eigenvalue weighted by molar-refractivity contribution is 6.35. The molecule has 2 nitrogen and oxygen atoms in total. The Morgan fingerprint density at radius 1 is 0.952 bits per heavy atom. The molecule has 0 aliphatic heterocycles. The van der Waals surface area contributed by atoms with Crippen LogP contribution >= 0.6 is 34.8 Å². The van der Waals surface area contributed by atoms with E-state index in [-0.39, 0.29) is 26.7 Å². The molecule has 0 bridgehead atoms. The largest absolute Gasteiger partial charge is 0.416 e. The number of aromatic nitrogens is 1. The third kappa shape index (κ3) is 3.90. The van der Waals surface area contributed by atoms with E-state index in [1.54, 1.807) is 0 Å². The maximum Gasteiger partial charge on any atom is 0.416 e. The molecule has 1 aromatic carbocycles. The van der Waals surface area contributed by atoms with Crippen molar-refractivity contribution in [2.75, 3.05) is 5.32 Å². The van der Waals surface area contributed by atoms with E-state index in [0.29, 0.717) is 6.07 Å². The van der Waals surface area contributed by atoms with E-state index in [1.165, 1.54) is 12.1 Å².